The van der Waals surface area contributed by atoms with Gasteiger partial charge >= 0.3 is 11.9 Å². The maximum atomic E-state index is 13.8. The van der Waals surface area contributed by atoms with Gasteiger partial charge in [0, 0.05) is 6.92 Å². The molecule has 0 spiro atoms. The van der Waals surface area contributed by atoms with Crippen molar-refractivity contribution < 1.29 is 23.8 Å². The van der Waals surface area contributed by atoms with Crippen molar-refractivity contribution in [3.8, 4) is 11.5 Å². The normalized spacial score (nSPS) is 15.6. The zero-order chi connectivity index (χ0) is 27.8. The Morgan fingerprint density at radius 3 is 2.32 bits per heavy atom. The predicted octanol–water partition coefficient (Wildman–Crippen LogP) is 3.64. The van der Waals surface area contributed by atoms with Crippen molar-refractivity contribution in [2.45, 2.75) is 46.1 Å². The average Bonchev–Trinajstić information content (AvgIpc) is 3.17. The number of carbonyl (C=O) groups excluding carboxylic acids is 2. The summed E-state index contributed by atoms with van der Waals surface area (Å²) < 4.78 is 17.6. The van der Waals surface area contributed by atoms with Crippen LogP contribution in [0.15, 0.2) is 63.5 Å². The van der Waals surface area contributed by atoms with Crippen molar-refractivity contribution in [3.05, 3.63) is 90.1 Å². The van der Waals surface area contributed by atoms with Crippen LogP contribution in [-0.2, 0) is 19.7 Å². The van der Waals surface area contributed by atoms with E-state index in [1.165, 1.54) is 32.5 Å². The van der Waals surface area contributed by atoms with Crippen LogP contribution in [0.1, 0.15) is 57.4 Å². The van der Waals surface area contributed by atoms with Crippen molar-refractivity contribution in [1.29, 1.82) is 0 Å². The molecule has 198 valence electrons. The first-order chi connectivity index (χ1) is 17.9. The smallest absolute Gasteiger partial charge is 0.338 e. The summed E-state index contributed by atoms with van der Waals surface area (Å²) >= 11 is 1.23. The lowest BCUT2D eigenvalue weighted by Gasteiger charge is -2.25. The number of methoxy groups -OCH3 is 2. The van der Waals surface area contributed by atoms with Gasteiger partial charge in [-0.15, -0.1) is 0 Å². The predicted molar refractivity (Wildman–Crippen MR) is 145 cm³/mol. The zero-order valence-electron chi connectivity index (χ0n) is 22.4. The van der Waals surface area contributed by atoms with E-state index in [0.29, 0.717) is 31.9 Å². The fraction of sp³-hybridized carbons (Fsp3) is 0.310. The summed E-state index contributed by atoms with van der Waals surface area (Å²) in [4.78, 5) is 43.1. The van der Waals surface area contributed by atoms with Gasteiger partial charge in [-0.1, -0.05) is 62.4 Å². The number of aromatic nitrogens is 1. The molecule has 1 aliphatic heterocycles. The number of thiazole rings is 1. The number of hydrogen-bond acceptors (Lipinski definition) is 8. The Labute approximate surface area is 224 Å². The van der Waals surface area contributed by atoms with Crippen LogP contribution in [0.2, 0.25) is 0 Å². The lowest BCUT2D eigenvalue weighted by atomic mass is 9.85. The average molecular weight is 535 g/mol. The van der Waals surface area contributed by atoms with Crippen molar-refractivity contribution in [2.24, 2.45) is 4.99 Å². The molecule has 4 rings (SSSR count). The number of rotatable bonds is 5. The second-order valence-corrected chi connectivity index (χ2v) is 11.0. The topological polar surface area (TPSA) is 96.2 Å². The lowest BCUT2D eigenvalue weighted by molar-refractivity contribution is -0.136. The van der Waals surface area contributed by atoms with Crippen molar-refractivity contribution >= 4 is 29.4 Å². The lowest BCUT2D eigenvalue weighted by Crippen LogP contribution is -2.39. The van der Waals surface area contributed by atoms with Gasteiger partial charge in [0.15, 0.2) is 16.3 Å². The largest absolute Gasteiger partial charge is 0.493 e. The van der Waals surface area contributed by atoms with E-state index >= 15 is 0 Å². The minimum absolute atomic E-state index is 0.0457. The van der Waals surface area contributed by atoms with Gasteiger partial charge in [-0.3, -0.25) is 14.2 Å². The van der Waals surface area contributed by atoms with E-state index in [2.05, 4.69) is 25.8 Å². The highest BCUT2D eigenvalue weighted by Crippen LogP contribution is 2.32. The van der Waals surface area contributed by atoms with Crippen molar-refractivity contribution in [3.63, 3.8) is 0 Å². The van der Waals surface area contributed by atoms with Gasteiger partial charge in [0.05, 0.1) is 36.1 Å². The van der Waals surface area contributed by atoms with Gasteiger partial charge in [-0.05, 0) is 47.2 Å². The van der Waals surface area contributed by atoms with Crippen LogP contribution in [0.5, 0.6) is 11.5 Å². The molecule has 0 radical (unpaired) electrons. The fourth-order valence-electron chi connectivity index (χ4n) is 4.34. The third-order valence-corrected chi connectivity index (χ3v) is 7.24. The summed E-state index contributed by atoms with van der Waals surface area (Å²) in [5, 5.41) is 0. The molecule has 1 unspecified atom stereocenters. The molecule has 2 heterocycles. The number of nitrogens with zero attached hydrogens (tertiary/aromatic N) is 2. The Morgan fingerprint density at radius 2 is 1.74 bits per heavy atom. The second-order valence-electron chi connectivity index (χ2n) is 9.95. The minimum atomic E-state index is -0.684. The van der Waals surface area contributed by atoms with E-state index in [4.69, 9.17) is 14.2 Å². The fourth-order valence-corrected chi connectivity index (χ4v) is 5.38. The molecule has 0 N–H and O–H groups in total. The Morgan fingerprint density at radius 1 is 1.05 bits per heavy atom. The molecule has 8 nitrogen and oxygen atoms in total. The summed E-state index contributed by atoms with van der Waals surface area (Å²) in [5.41, 5.74) is 3.10. The van der Waals surface area contributed by atoms with E-state index in [0.717, 1.165) is 11.1 Å². The maximum Gasteiger partial charge on any atom is 0.338 e. The Bertz CT molecular complexity index is 1620. The molecule has 0 amide bonds. The van der Waals surface area contributed by atoms with Crippen molar-refractivity contribution in [2.75, 3.05) is 14.2 Å². The Hall–Kier alpha value is -3.98. The van der Waals surface area contributed by atoms with Crippen molar-refractivity contribution in [1.82, 2.24) is 4.57 Å². The zero-order valence-corrected chi connectivity index (χ0v) is 23.3. The molecule has 1 aromatic heterocycles. The summed E-state index contributed by atoms with van der Waals surface area (Å²) in [6.45, 7) is 9.44. The van der Waals surface area contributed by atoms with Crippen LogP contribution in [0.3, 0.4) is 0 Å². The number of ether oxygens (including phenoxy) is 3. The van der Waals surface area contributed by atoms with Crippen LogP contribution in [-0.4, -0.2) is 30.7 Å². The van der Waals surface area contributed by atoms with Crippen LogP contribution in [0.4, 0.5) is 0 Å². The van der Waals surface area contributed by atoms with Gasteiger partial charge < -0.3 is 14.2 Å². The van der Waals surface area contributed by atoms with E-state index in [9.17, 15) is 14.4 Å². The molecular formula is C29H30N2O6S. The molecule has 0 saturated heterocycles. The summed E-state index contributed by atoms with van der Waals surface area (Å²) in [6.07, 6.45) is 1.72. The molecular weight excluding hydrogens is 504 g/mol. The summed E-state index contributed by atoms with van der Waals surface area (Å²) in [7, 11) is 2.79. The number of fused-ring (bicyclic) bond motifs is 1. The van der Waals surface area contributed by atoms with Gasteiger partial charge in [-0.25, -0.2) is 9.79 Å². The molecule has 0 saturated carbocycles. The first-order valence-corrected chi connectivity index (χ1v) is 12.8. The van der Waals surface area contributed by atoms with E-state index in [1.807, 2.05) is 24.3 Å². The van der Waals surface area contributed by atoms with Crippen LogP contribution in [0.25, 0.3) is 6.08 Å². The summed E-state index contributed by atoms with van der Waals surface area (Å²) in [6, 6.07) is 12.3. The standard InChI is InChI=1S/C29H30N2O6S/c1-16-24(27(34)36-7)25(19-9-11-20(12-10-19)29(3,4)5)31-26(33)23(38-28(31)30-16)15-18-8-13-21(37-17(2)32)22(14-18)35-6/h8-15,25H,1-7H3. The number of hydrogen-bond donors (Lipinski definition) is 0. The number of esters is 2. The highest BCUT2D eigenvalue weighted by atomic mass is 32.1. The third-order valence-electron chi connectivity index (χ3n) is 6.26. The maximum absolute atomic E-state index is 13.8. The molecule has 1 atom stereocenters. The molecule has 9 heteroatoms. The molecule has 3 aromatic rings. The Kier molecular flexibility index (Phi) is 7.42. The van der Waals surface area contributed by atoms with Crippen LogP contribution >= 0.6 is 11.3 Å². The summed E-state index contributed by atoms with van der Waals surface area (Å²) in [5.74, 6) is -0.342. The first kappa shape index (κ1) is 27.1. The monoisotopic (exact) mass is 534 g/mol. The second kappa shape index (κ2) is 10.4. The molecule has 0 fully saturated rings. The van der Waals surface area contributed by atoms with Gasteiger partial charge in [0.2, 0.25) is 0 Å². The number of carbonyl (C=O) groups is 2. The number of benzene rings is 2. The van der Waals surface area contributed by atoms with Gasteiger partial charge in [0.25, 0.3) is 5.56 Å². The van der Waals surface area contributed by atoms with Gasteiger partial charge in [0.1, 0.15) is 0 Å². The molecule has 2 aromatic carbocycles. The number of allylic oxidation sites excluding steroid dienone is 1. The van der Waals surface area contributed by atoms with Crippen LogP contribution in [0, 0.1) is 0 Å². The molecule has 0 aliphatic carbocycles. The third kappa shape index (κ3) is 5.19. The highest BCUT2D eigenvalue weighted by molar-refractivity contribution is 7.07. The SMILES string of the molecule is COC(=O)C1=C(C)N=c2sc(=Cc3ccc(OC(C)=O)c(OC)c3)c(=O)n2C1c1ccc(C(C)(C)C)cc1. The molecule has 1 aliphatic rings. The molecule has 38 heavy (non-hydrogen) atoms. The Balaban J connectivity index is 1.89. The first-order valence-electron chi connectivity index (χ1n) is 12.0. The molecule has 0 bridgehead atoms. The quantitative estimate of drug-likeness (QED) is 0.366. The minimum Gasteiger partial charge on any atom is -0.493 e. The van der Waals surface area contributed by atoms with E-state index in [1.54, 1.807) is 35.8 Å². The van der Waals surface area contributed by atoms with Crippen LogP contribution < -0.4 is 24.4 Å². The van der Waals surface area contributed by atoms with E-state index in [-0.39, 0.29) is 16.7 Å². The highest BCUT2D eigenvalue weighted by Gasteiger charge is 2.33. The van der Waals surface area contributed by atoms with Gasteiger partial charge in [-0.2, -0.15) is 0 Å². The van der Waals surface area contributed by atoms with E-state index < -0.39 is 18.0 Å².